The van der Waals surface area contributed by atoms with Crippen LogP contribution in [0.1, 0.15) is 30.9 Å². The molecule has 5 nitrogen and oxygen atoms in total. The highest BCUT2D eigenvalue weighted by atomic mass is 16.4. The number of hydrogen-bond donors (Lipinski definition) is 4. The molecule has 1 aromatic carbocycles. The molecule has 0 bridgehead atoms. The predicted molar refractivity (Wildman–Crippen MR) is 101 cm³/mol. The van der Waals surface area contributed by atoms with E-state index < -0.39 is 24.3 Å². The van der Waals surface area contributed by atoms with E-state index in [0.29, 0.717) is 6.42 Å². The molecule has 0 spiro atoms. The van der Waals surface area contributed by atoms with Crippen LogP contribution in [0.4, 0.5) is 0 Å². The first kappa shape index (κ1) is 21.6. The van der Waals surface area contributed by atoms with Crippen LogP contribution in [0.25, 0.3) is 0 Å². The van der Waals surface area contributed by atoms with Crippen LogP contribution in [-0.4, -0.2) is 38.6 Å². The number of allylic oxidation sites excluding steroid dienone is 6. The number of aliphatic carboxylic acids is 1. The van der Waals surface area contributed by atoms with Crippen molar-refractivity contribution in [3.05, 3.63) is 84.5 Å². The van der Waals surface area contributed by atoms with Gasteiger partial charge in [-0.15, -0.1) is 0 Å². The lowest BCUT2D eigenvalue weighted by Crippen LogP contribution is -2.23. The van der Waals surface area contributed by atoms with Gasteiger partial charge in [-0.05, 0) is 18.4 Å². The van der Waals surface area contributed by atoms with Gasteiger partial charge < -0.3 is 20.4 Å². The van der Waals surface area contributed by atoms with Gasteiger partial charge in [-0.1, -0.05) is 78.9 Å². The molecule has 1 rings (SSSR count). The number of benzene rings is 1. The van der Waals surface area contributed by atoms with E-state index in [4.69, 9.17) is 5.11 Å². The monoisotopic (exact) mass is 358 g/mol. The molecule has 0 fully saturated rings. The smallest absolute Gasteiger partial charge is 0.303 e. The summed E-state index contributed by atoms with van der Waals surface area (Å²) >= 11 is 0. The molecule has 0 heterocycles. The molecular weight excluding hydrogens is 332 g/mol. The maximum absolute atomic E-state index is 10.4. The Balaban J connectivity index is 2.30. The van der Waals surface area contributed by atoms with Crippen LogP contribution in [-0.2, 0) is 4.79 Å². The fourth-order valence-corrected chi connectivity index (χ4v) is 2.13. The van der Waals surface area contributed by atoms with Gasteiger partial charge in [-0.3, -0.25) is 4.79 Å². The average molecular weight is 358 g/mol. The van der Waals surface area contributed by atoms with Gasteiger partial charge in [0, 0.05) is 6.42 Å². The summed E-state index contributed by atoms with van der Waals surface area (Å²) in [6.07, 6.45) is 11.3. The van der Waals surface area contributed by atoms with Gasteiger partial charge >= 0.3 is 5.97 Å². The van der Waals surface area contributed by atoms with E-state index in [1.165, 1.54) is 6.08 Å². The summed E-state index contributed by atoms with van der Waals surface area (Å²) in [5, 5.41) is 37.9. The van der Waals surface area contributed by atoms with E-state index in [1.54, 1.807) is 42.5 Å². The van der Waals surface area contributed by atoms with Crippen LogP contribution in [0, 0.1) is 0 Å². The van der Waals surface area contributed by atoms with Crippen molar-refractivity contribution < 1.29 is 25.2 Å². The molecule has 0 aliphatic carbocycles. The third kappa shape index (κ3) is 9.74. The first-order valence-corrected chi connectivity index (χ1v) is 8.50. The molecule has 0 saturated heterocycles. The van der Waals surface area contributed by atoms with Gasteiger partial charge in [0.15, 0.2) is 0 Å². The van der Waals surface area contributed by atoms with Crippen LogP contribution in [0.5, 0.6) is 0 Å². The molecule has 26 heavy (non-hydrogen) atoms. The number of hydrogen-bond acceptors (Lipinski definition) is 4. The summed E-state index contributed by atoms with van der Waals surface area (Å²) in [4.78, 5) is 10.4. The summed E-state index contributed by atoms with van der Waals surface area (Å²) < 4.78 is 0. The molecule has 4 N–H and O–H groups in total. The van der Waals surface area contributed by atoms with Gasteiger partial charge in [-0.25, -0.2) is 0 Å². The normalized spacial score (nSPS) is 16.0. The lowest BCUT2D eigenvalue weighted by molar-refractivity contribution is -0.137. The first-order valence-electron chi connectivity index (χ1n) is 8.50. The van der Waals surface area contributed by atoms with E-state index >= 15 is 0 Å². The highest BCUT2D eigenvalue weighted by molar-refractivity contribution is 5.66. The van der Waals surface area contributed by atoms with Crippen molar-refractivity contribution in [3.8, 4) is 0 Å². The number of carboxylic acids is 1. The van der Waals surface area contributed by atoms with Crippen molar-refractivity contribution in [2.75, 3.05) is 0 Å². The Morgan fingerprint density at radius 1 is 0.885 bits per heavy atom. The Kier molecular flexibility index (Phi) is 10.6. The summed E-state index contributed by atoms with van der Waals surface area (Å²) in [7, 11) is 0. The van der Waals surface area contributed by atoms with Crippen LogP contribution in [0.3, 0.4) is 0 Å². The lowest BCUT2D eigenvalue weighted by Gasteiger charge is -2.13. The van der Waals surface area contributed by atoms with Crippen molar-refractivity contribution in [1.29, 1.82) is 0 Å². The largest absolute Gasteiger partial charge is 0.481 e. The van der Waals surface area contributed by atoms with Gasteiger partial charge in [0.2, 0.25) is 0 Å². The Labute approximate surface area is 153 Å². The second-order valence-electron chi connectivity index (χ2n) is 5.74. The average Bonchev–Trinajstić information content (AvgIpc) is 2.63. The molecule has 0 aliphatic heterocycles. The number of carbonyl (C=O) groups is 1. The van der Waals surface area contributed by atoms with Crippen molar-refractivity contribution >= 4 is 5.97 Å². The van der Waals surface area contributed by atoms with Gasteiger partial charge in [0.05, 0.1) is 18.3 Å². The number of aliphatic hydroxyl groups is 3. The summed E-state index contributed by atoms with van der Waals surface area (Å²) in [6.45, 7) is 0. The second-order valence-corrected chi connectivity index (χ2v) is 5.74. The van der Waals surface area contributed by atoms with Crippen molar-refractivity contribution in [2.45, 2.75) is 37.6 Å². The lowest BCUT2D eigenvalue weighted by atomic mass is 10.1. The molecular formula is C21H26O5. The number of carboxylic acid groups (broad SMARTS) is 1. The zero-order valence-electron chi connectivity index (χ0n) is 14.6. The molecule has 140 valence electrons. The highest BCUT2D eigenvalue weighted by Gasteiger charge is 2.12. The molecule has 0 aliphatic rings. The third-order valence-electron chi connectivity index (χ3n) is 3.58. The van der Waals surface area contributed by atoms with Crippen molar-refractivity contribution in [3.63, 3.8) is 0 Å². The maximum Gasteiger partial charge on any atom is 0.303 e. The third-order valence-corrected chi connectivity index (χ3v) is 3.58. The molecule has 1 aromatic rings. The quantitative estimate of drug-likeness (QED) is 0.456. The molecule has 3 atom stereocenters. The minimum Gasteiger partial charge on any atom is -0.481 e. The zero-order valence-corrected chi connectivity index (χ0v) is 14.6. The Morgan fingerprint density at radius 2 is 1.46 bits per heavy atom. The highest BCUT2D eigenvalue weighted by Crippen LogP contribution is 2.12. The Morgan fingerprint density at radius 3 is 2.08 bits per heavy atom. The van der Waals surface area contributed by atoms with Gasteiger partial charge in [0.25, 0.3) is 0 Å². The van der Waals surface area contributed by atoms with Gasteiger partial charge in [0.1, 0.15) is 0 Å². The zero-order chi connectivity index (χ0) is 19.2. The van der Waals surface area contributed by atoms with Crippen molar-refractivity contribution in [1.82, 2.24) is 0 Å². The molecule has 5 heteroatoms. The molecule has 0 aromatic heterocycles. The summed E-state index contributed by atoms with van der Waals surface area (Å²) in [6, 6.07) is 9.34. The minimum absolute atomic E-state index is 0.0231. The first-order chi connectivity index (χ1) is 12.5. The van der Waals surface area contributed by atoms with Crippen LogP contribution in [0.2, 0.25) is 0 Å². The van der Waals surface area contributed by atoms with Crippen LogP contribution in [0.15, 0.2) is 78.9 Å². The van der Waals surface area contributed by atoms with E-state index in [9.17, 15) is 20.1 Å². The van der Waals surface area contributed by atoms with Crippen molar-refractivity contribution in [2.24, 2.45) is 0 Å². The second kappa shape index (κ2) is 12.8. The van der Waals surface area contributed by atoms with Gasteiger partial charge in [-0.2, -0.15) is 0 Å². The standard InChI is InChI=1S/C21H26O5/c22-18(17-11-6-5-7-12-17)13-8-3-1-2-4-9-14-19(23)20(24)15-10-16-21(25)26/h1-9,11-14,18-20,22-24H,10,15-16H2,(H,25,26)/b3-1-,4-2+,13-8+,14-9+/t18-,19+,20-/m0/s1. The fraction of sp³-hybridized carbons (Fsp3) is 0.286. The summed E-state index contributed by atoms with van der Waals surface area (Å²) in [5.74, 6) is -0.915. The molecule has 0 unspecified atom stereocenters. The summed E-state index contributed by atoms with van der Waals surface area (Å²) in [5.41, 5.74) is 0.825. The van der Waals surface area contributed by atoms with Crippen LogP contribution < -0.4 is 0 Å². The predicted octanol–water partition coefficient (Wildman–Crippen LogP) is 2.92. The fourth-order valence-electron chi connectivity index (χ4n) is 2.13. The van der Waals surface area contributed by atoms with Crippen LogP contribution >= 0.6 is 0 Å². The van der Waals surface area contributed by atoms with E-state index in [0.717, 1.165) is 5.56 Å². The van der Waals surface area contributed by atoms with E-state index in [1.807, 2.05) is 30.3 Å². The number of rotatable bonds is 11. The van der Waals surface area contributed by atoms with E-state index in [-0.39, 0.29) is 12.8 Å². The molecule has 0 amide bonds. The molecule has 0 radical (unpaired) electrons. The minimum atomic E-state index is -1.03. The Hall–Kier alpha value is -2.47. The Bertz CT molecular complexity index is 631. The number of aliphatic hydroxyl groups excluding tert-OH is 3. The SMILES string of the molecule is O=C(O)CCC[C@H](O)[C@H](O)/C=C/C=C/C=C\C=C\[C@H](O)c1ccccc1. The maximum atomic E-state index is 10.4. The topological polar surface area (TPSA) is 98.0 Å². The van der Waals surface area contributed by atoms with E-state index in [2.05, 4.69) is 0 Å². The molecule has 0 saturated carbocycles.